The van der Waals surface area contributed by atoms with Crippen LogP contribution in [0.3, 0.4) is 0 Å². The molecule has 0 radical (unpaired) electrons. The predicted octanol–water partition coefficient (Wildman–Crippen LogP) is 3.26. The zero-order valence-corrected chi connectivity index (χ0v) is 8.10. The van der Waals surface area contributed by atoms with Crippen molar-refractivity contribution in [3.05, 3.63) is 39.0 Å². The van der Waals surface area contributed by atoms with Gasteiger partial charge in [-0.2, -0.15) is 0 Å². The van der Waals surface area contributed by atoms with Crippen molar-refractivity contribution in [1.29, 1.82) is 0 Å². The highest BCUT2D eigenvalue weighted by Crippen LogP contribution is 2.33. The van der Waals surface area contributed by atoms with Crippen molar-refractivity contribution in [3.8, 4) is 0 Å². The molecule has 0 N–H and O–H groups in total. The summed E-state index contributed by atoms with van der Waals surface area (Å²) in [6.07, 6.45) is 0. The van der Waals surface area contributed by atoms with Crippen molar-refractivity contribution in [3.63, 3.8) is 0 Å². The van der Waals surface area contributed by atoms with Gasteiger partial charge >= 0.3 is 0 Å². The molecule has 2 rings (SSSR count). The number of nitrogens with zero attached hydrogens (tertiary/aromatic N) is 1. The molecular formula is C9H6FNO2S. The van der Waals surface area contributed by atoms with Gasteiger partial charge < -0.3 is 0 Å². The van der Waals surface area contributed by atoms with Gasteiger partial charge in [-0.3, -0.25) is 10.1 Å². The summed E-state index contributed by atoms with van der Waals surface area (Å²) in [5.74, 6) is -0.564. The zero-order valence-electron chi connectivity index (χ0n) is 7.28. The third kappa shape index (κ3) is 1.26. The number of nitro benzene ring substituents is 1. The summed E-state index contributed by atoms with van der Waals surface area (Å²) in [6, 6.07) is 2.28. The number of hydrogen-bond acceptors (Lipinski definition) is 3. The first-order chi connectivity index (χ1) is 6.59. The molecule has 0 aliphatic heterocycles. The highest BCUT2D eigenvalue weighted by molar-refractivity contribution is 7.18. The van der Waals surface area contributed by atoms with E-state index in [0.717, 1.165) is 11.6 Å². The fourth-order valence-electron chi connectivity index (χ4n) is 1.34. The maximum absolute atomic E-state index is 13.0. The summed E-state index contributed by atoms with van der Waals surface area (Å²) in [7, 11) is 0. The minimum Gasteiger partial charge on any atom is -0.258 e. The van der Waals surface area contributed by atoms with Gasteiger partial charge in [-0.1, -0.05) is 0 Å². The van der Waals surface area contributed by atoms with Crippen LogP contribution in [0.4, 0.5) is 10.1 Å². The molecular weight excluding hydrogens is 205 g/mol. The Balaban J connectivity index is 2.88. The molecule has 0 atom stereocenters. The molecule has 5 heteroatoms. The van der Waals surface area contributed by atoms with Crippen LogP contribution < -0.4 is 0 Å². The Morgan fingerprint density at radius 3 is 2.86 bits per heavy atom. The molecule has 0 saturated heterocycles. The number of fused-ring (bicyclic) bond motifs is 1. The minimum absolute atomic E-state index is 0.155. The van der Waals surface area contributed by atoms with Gasteiger partial charge in [0.2, 0.25) is 0 Å². The highest BCUT2D eigenvalue weighted by Gasteiger charge is 2.16. The van der Waals surface area contributed by atoms with Crippen molar-refractivity contribution in [2.24, 2.45) is 0 Å². The van der Waals surface area contributed by atoms with Crippen LogP contribution in [0, 0.1) is 22.9 Å². The van der Waals surface area contributed by atoms with Crippen LogP contribution in [-0.2, 0) is 0 Å². The second-order valence-corrected chi connectivity index (χ2v) is 3.86. The van der Waals surface area contributed by atoms with Crippen molar-refractivity contribution in [2.75, 3.05) is 0 Å². The van der Waals surface area contributed by atoms with Crippen LogP contribution in [0.25, 0.3) is 10.1 Å². The third-order valence-corrected chi connectivity index (χ3v) is 3.15. The van der Waals surface area contributed by atoms with Crippen molar-refractivity contribution >= 4 is 27.1 Å². The summed E-state index contributed by atoms with van der Waals surface area (Å²) in [4.78, 5) is 10.1. The number of benzene rings is 1. The molecule has 0 fully saturated rings. The van der Waals surface area contributed by atoms with Gasteiger partial charge in [0.05, 0.1) is 11.0 Å². The monoisotopic (exact) mass is 211 g/mol. The lowest BCUT2D eigenvalue weighted by Crippen LogP contribution is -1.89. The number of aryl methyl sites for hydroxylation is 1. The third-order valence-electron chi connectivity index (χ3n) is 2.01. The molecule has 3 nitrogen and oxygen atoms in total. The van der Waals surface area contributed by atoms with E-state index in [0.29, 0.717) is 10.1 Å². The van der Waals surface area contributed by atoms with E-state index in [2.05, 4.69) is 0 Å². The lowest BCUT2D eigenvalue weighted by molar-refractivity contribution is -0.383. The lowest BCUT2D eigenvalue weighted by Gasteiger charge is -1.95. The summed E-state index contributed by atoms with van der Waals surface area (Å²) in [5, 5.41) is 13.0. The molecule has 72 valence electrons. The Hall–Kier alpha value is -1.49. The molecule has 1 aromatic carbocycles. The Kier molecular flexibility index (Phi) is 1.96. The first-order valence-electron chi connectivity index (χ1n) is 3.91. The normalized spacial score (nSPS) is 10.7. The molecule has 0 bridgehead atoms. The van der Waals surface area contributed by atoms with Crippen molar-refractivity contribution in [1.82, 2.24) is 0 Å². The van der Waals surface area contributed by atoms with Crippen molar-refractivity contribution in [2.45, 2.75) is 6.92 Å². The molecule has 14 heavy (non-hydrogen) atoms. The van der Waals surface area contributed by atoms with E-state index in [1.807, 2.05) is 6.92 Å². The standard InChI is InChI=1S/C9H6FNO2S/c1-5-4-14-9-7(5)2-6(10)3-8(9)11(12)13/h2-4H,1H3. The molecule has 0 amide bonds. The molecule has 0 aliphatic carbocycles. The van der Waals surface area contributed by atoms with E-state index in [-0.39, 0.29) is 5.69 Å². The number of thiophene rings is 1. The molecule has 1 heterocycles. The first kappa shape index (κ1) is 9.08. The fourth-order valence-corrected chi connectivity index (χ4v) is 2.37. The molecule has 2 aromatic rings. The smallest absolute Gasteiger partial charge is 0.258 e. The summed E-state index contributed by atoms with van der Waals surface area (Å²) >= 11 is 1.27. The number of halogens is 1. The summed E-state index contributed by atoms with van der Waals surface area (Å²) in [5.41, 5.74) is 0.714. The second kappa shape index (κ2) is 3.02. The number of hydrogen-bond donors (Lipinski definition) is 0. The topological polar surface area (TPSA) is 43.1 Å². The van der Waals surface area contributed by atoms with Gasteiger partial charge in [0, 0.05) is 5.39 Å². The van der Waals surface area contributed by atoms with Gasteiger partial charge in [-0.15, -0.1) is 11.3 Å². The Bertz CT molecular complexity index is 521. The predicted molar refractivity (Wildman–Crippen MR) is 53.2 cm³/mol. The largest absolute Gasteiger partial charge is 0.290 e. The molecule has 0 unspecified atom stereocenters. The molecule has 0 aliphatic rings. The van der Waals surface area contributed by atoms with E-state index in [4.69, 9.17) is 0 Å². The van der Waals surface area contributed by atoms with Crippen LogP contribution in [0.5, 0.6) is 0 Å². The molecule has 0 saturated carbocycles. The Labute approximate surface area is 82.9 Å². The maximum Gasteiger partial charge on any atom is 0.290 e. The van der Waals surface area contributed by atoms with E-state index in [9.17, 15) is 14.5 Å². The first-order valence-corrected chi connectivity index (χ1v) is 4.79. The average Bonchev–Trinajstić information content (AvgIpc) is 2.47. The van der Waals surface area contributed by atoms with Crippen LogP contribution in [-0.4, -0.2) is 4.92 Å². The van der Waals surface area contributed by atoms with Gasteiger partial charge in [0.15, 0.2) is 0 Å². The molecule has 0 spiro atoms. The van der Waals surface area contributed by atoms with Crippen LogP contribution in [0.15, 0.2) is 17.5 Å². The van der Waals surface area contributed by atoms with E-state index in [1.54, 1.807) is 5.38 Å². The van der Waals surface area contributed by atoms with E-state index in [1.165, 1.54) is 17.4 Å². The minimum atomic E-state index is -0.564. The number of non-ortho nitro benzene ring substituents is 1. The Morgan fingerprint density at radius 1 is 1.50 bits per heavy atom. The lowest BCUT2D eigenvalue weighted by atomic mass is 10.2. The SMILES string of the molecule is Cc1csc2c([N+](=O)[O-])cc(F)cc12. The summed E-state index contributed by atoms with van der Waals surface area (Å²) in [6.45, 7) is 1.81. The zero-order chi connectivity index (χ0) is 10.3. The Morgan fingerprint density at radius 2 is 2.21 bits per heavy atom. The van der Waals surface area contributed by atoms with E-state index >= 15 is 0 Å². The number of nitro groups is 1. The quantitative estimate of drug-likeness (QED) is 0.536. The van der Waals surface area contributed by atoms with Crippen LogP contribution >= 0.6 is 11.3 Å². The van der Waals surface area contributed by atoms with Crippen LogP contribution in [0.2, 0.25) is 0 Å². The van der Waals surface area contributed by atoms with Gasteiger partial charge in [0.1, 0.15) is 10.5 Å². The van der Waals surface area contributed by atoms with Gasteiger partial charge in [-0.05, 0) is 23.9 Å². The van der Waals surface area contributed by atoms with E-state index < -0.39 is 10.7 Å². The summed E-state index contributed by atoms with van der Waals surface area (Å²) < 4.78 is 13.6. The second-order valence-electron chi connectivity index (χ2n) is 2.98. The molecule has 1 aromatic heterocycles. The fraction of sp³-hybridized carbons (Fsp3) is 0.111. The van der Waals surface area contributed by atoms with Gasteiger partial charge in [0.25, 0.3) is 5.69 Å². The maximum atomic E-state index is 13.0. The average molecular weight is 211 g/mol. The van der Waals surface area contributed by atoms with Crippen LogP contribution in [0.1, 0.15) is 5.56 Å². The van der Waals surface area contributed by atoms with Gasteiger partial charge in [-0.25, -0.2) is 4.39 Å². The highest BCUT2D eigenvalue weighted by atomic mass is 32.1. The van der Waals surface area contributed by atoms with Crippen molar-refractivity contribution < 1.29 is 9.31 Å². The number of rotatable bonds is 1.